The minimum atomic E-state index is -3.03. The van der Waals surface area contributed by atoms with Crippen LogP contribution in [-0.4, -0.2) is 55.3 Å². The number of rotatable bonds is 4. The third-order valence-electron chi connectivity index (χ3n) is 5.52. The van der Waals surface area contributed by atoms with Crippen molar-refractivity contribution in [1.29, 1.82) is 0 Å². The highest BCUT2D eigenvalue weighted by Gasteiger charge is 2.59. The quantitative estimate of drug-likeness (QED) is 0.768. The third-order valence-corrected chi connectivity index (χ3v) is 7.29. The first-order valence-electron chi connectivity index (χ1n) is 8.70. The zero-order valence-corrected chi connectivity index (χ0v) is 14.5. The van der Waals surface area contributed by atoms with E-state index in [1.54, 1.807) is 0 Å². The Kier molecular flexibility index (Phi) is 4.42. The average Bonchev–Trinajstić information content (AvgIpc) is 3.27. The van der Waals surface area contributed by atoms with E-state index in [0.29, 0.717) is 19.3 Å². The van der Waals surface area contributed by atoms with Gasteiger partial charge in [-0.15, -0.1) is 0 Å². The molecule has 23 heavy (non-hydrogen) atoms. The zero-order valence-electron chi connectivity index (χ0n) is 13.7. The van der Waals surface area contributed by atoms with E-state index in [4.69, 9.17) is 0 Å². The Morgan fingerprint density at radius 2 is 1.96 bits per heavy atom. The van der Waals surface area contributed by atoms with Gasteiger partial charge in [0.15, 0.2) is 9.84 Å². The van der Waals surface area contributed by atoms with E-state index < -0.39 is 15.3 Å². The lowest BCUT2D eigenvalue weighted by Gasteiger charge is -2.37. The van der Waals surface area contributed by atoms with Gasteiger partial charge in [-0.3, -0.25) is 9.59 Å². The molecular formula is C16H26N2O4S. The molecule has 6 nitrogen and oxygen atoms in total. The Bertz CT molecular complexity index is 597. The van der Waals surface area contributed by atoms with Crippen LogP contribution >= 0.6 is 0 Å². The molecule has 1 saturated carbocycles. The fraction of sp³-hybridized carbons (Fsp3) is 0.875. The zero-order chi connectivity index (χ0) is 16.7. The molecule has 0 aromatic heterocycles. The molecule has 3 aliphatic rings. The van der Waals surface area contributed by atoms with Gasteiger partial charge in [-0.2, -0.15) is 0 Å². The Hall–Kier alpha value is -1.11. The molecule has 0 aromatic rings. The van der Waals surface area contributed by atoms with Gasteiger partial charge in [0.25, 0.3) is 0 Å². The van der Waals surface area contributed by atoms with Crippen LogP contribution in [0.4, 0.5) is 0 Å². The normalized spacial score (nSPS) is 31.6. The number of hydrogen-bond donors (Lipinski definition) is 1. The van der Waals surface area contributed by atoms with Crippen LogP contribution in [0.15, 0.2) is 0 Å². The van der Waals surface area contributed by atoms with E-state index in [1.165, 1.54) is 0 Å². The predicted octanol–water partition coefficient (Wildman–Crippen LogP) is 0.861. The molecule has 3 rings (SSSR count). The second-order valence-electron chi connectivity index (χ2n) is 7.21. The van der Waals surface area contributed by atoms with Crippen LogP contribution in [0.25, 0.3) is 0 Å². The van der Waals surface area contributed by atoms with Crippen molar-refractivity contribution in [3.63, 3.8) is 0 Å². The SMILES string of the molecule is CCC1CCCCN1C(=O)C1(C(=O)NC2CCS(=O)(=O)C2)CC1. The van der Waals surface area contributed by atoms with E-state index in [9.17, 15) is 18.0 Å². The second kappa shape index (κ2) is 6.07. The second-order valence-corrected chi connectivity index (χ2v) is 9.44. The smallest absolute Gasteiger partial charge is 0.238 e. The molecule has 2 unspecified atom stereocenters. The summed E-state index contributed by atoms with van der Waals surface area (Å²) in [5, 5.41) is 2.82. The molecular weight excluding hydrogens is 316 g/mol. The van der Waals surface area contributed by atoms with Gasteiger partial charge in [0.05, 0.1) is 11.5 Å². The molecule has 1 aliphatic carbocycles. The maximum Gasteiger partial charge on any atom is 0.238 e. The first kappa shape index (κ1) is 16.7. The van der Waals surface area contributed by atoms with Crippen LogP contribution in [0.5, 0.6) is 0 Å². The highest BCUT2D eigenvalue weighted by Crippen LogP contribution is 2.48. The predicted molar refractivity (Wildman–Crippen MR) is 86.5 cm³/mol. The topological polar surface area (TPSA) is 83.6 Å². The van der Waals surface area contributed by atoms with Crippen molar-refractivity contribution in [1.82, 2.24) is 10.2 Å². The largest absolute Gasteiger partial charge is 0.351 e. The molecule has 130 valence electrons. The average molecular weight is 342 g/mol. The molecule has 0 aromatic carbocycles. The summed E-state index contributed by atoms with van der Waals surface area (Å²) in [5.74, 6) is -0.166. The van der Waals surface area contributed by atoms with E-state index in [0.717, 1.165) is 32.2 Å². The standard InChI is InChI=1S/C16H26N2O4S/c1-2-13-5-3-4-9-18(13)15(20)16(7-8-16)14(19)17-12-6-10-23(21,22)11-12/h12-13H,2-11H2,1H3,(H,17,19). The van der Waals surface area contributed by atoms with Crippen molar-refractivity contribution < 1.29 is 18.0 Å². The van der Waals surface area contributed by atoms with Gasteiger partial charge >= 0.3 is 0 Å². The van der Waals surface area contributed by atoms with Crippen molar-refractivity contribution in [2.24, 2.45) is 5.41 Å². The fourth-order valence-electron chi connectivity index (χ4n) is 3.86. The summed E-state index contributed by atoms with van der Waals surface area (Å²) >= 11 is 0. The summed E-state index contributed by atoms with van der Waals surface area (Å²) in [6, 6.07) is -0.0884. The van der Waals surface area contributed by atoms with E-state index in [-0.39, 0.29) is 35.4 Å². The lowest BCUT2D eigenvalue weighted by Crippen LogP contribution is -2.52. The van der Waals surface area contributed by atoms with Crippen LogP contribution in [0.3, 0.4) is 0 Å². The van der Waals surface area contributed by atoms with Crippen molar-refractivity contribution in [2.75, 3.05) is 18.1 Å². The van der Waals surface area contributed by atoms with Crippen molar-refractivity contribution >= 4 is 21.7 Å². The van der Waals surface area contributed by atoms with Crippen LogP contribution < -0.4 is 5.32 Å². The fourth-order valence-corrected chi connectivity index (χ4v) is 5.54. The Morgan fingerprint density at radius 3 is 2.52 bits per heavy atom. The summed E-state index contributed by atoms with van der Waals surface area (Å²) < 4.78 is 23.0. The molecule has 2 atom stereocenters. The minimum Gasteiger partial charge on any atom is -0.351 e. The van der Waals surface area contributed by atoms with Gasteiger partial charge in [0.1, 0.15) is 5.41 Å². The Morgan fingerprint density at radius 1 is 1.22 bits per heavy atom. The minimum absolute atomic E-state index is 0.00428. The monoisotopic (exact) mass is 342 g/mol. The maximum absolute atomic E-state index is 12.9. The number of carbonyl (C=O) groups is 2. The van der Waals surface area contributed by atoms with Gasteiger partial charge in [0, 0.05) is 18.6 Å². The molecule has 0 bridgehead atoms. The van der Waals surface area contributed by atoms with Gasteiger partial charge in [0.2, 0.25) is 11.8 Å². The van der Waals surface area contributed by atoms with Crippen LogP contribution in [0.2, 0.25) is 0 Å². The highest BCUT2D eigenvalue weighted by atomic mass is 32.2. The summed E-state index contributed by atoms with van der Waals surface area (Å²) in [7, 11) is -3.03. The summed E-state index contributed by atoms with van der Waals surface area (Å²) in [6.45, 7) is 2.82. The summed E-state index contributed by atoms with van der Waals surface area (Å²) in [4.78, 5) is 27.5. The molecule has 3 fully saturated rings. The van der Waals surface area contributed by atoms with Crippen molar-refractivity contribution in [3.8, 4) is 0 Å². The van der Waals surface area contributed by atoms with E-state index >= 15 is 0 Å². The van der Waals surface area contributed by atoms with E-state index in [2.05, 4.69) is 12.2 Å². The molecule has 1 N–H and O–H groups in total. The summed E-state index contributed by atoms with van der Waals surface area (Å²) in [6.07, 6.45) is 5.71. The molecule has 2 heterocycles. The van der Waals surface area contributed by atoms with E-state index in [1.807, 2.05) is 4.90 Å². The van der Waals surface area contributed by atoms with Crippen molar-refractivity contribution in [3.05, 3.63) is 0 Å². The number of carbonyl (C=O) groups excluding carboxylic acids is 2. The molecule has 0 radical (unpaired) electrons. The lowest BCUT2D eigenvalue weighted by molar-refractivity contribution is -0.147. The molecule has 7 heteroatoms. The molecule has 0 spiro atoms. The number of hydrogen-bond acceptors (Lipinski definition) is 4. The number of sulfone groups is 1. The first-order chi connectivity index (χ1) is 10.9. The van der Waals surface area contributed by atoms with Gasteiger partial charge < -0.3 is 10.2 Å². The first-order valence-corrected chi connectivity index (χ1v) is 10.5. The van der Waals surface area contributed by atoms with Crippen LogP contribution in [-0.2, 0) is 19.4 Å². The summed E-state index contributed by atoms with van der Waals surface area (Å²) in [5.41, 5.74) is -0.920. The number of amides is 2. The molecule has 2 amide bonds. The Balaban J connectivity index is 1.66. The van der Waals surface area contributed by atoms with Gasteiger partial charge in [-0.05, 0) is 44.9 Å². The molecule has 2 saturated heterocycles. The van der Waals surface area contributed by atoms with Gasteiger partial charge in [-0.25, -0.2) is 8.42 Å². The molecule has 2 aliphatic heterocycles. The number of piperidine rings is 1. The van der Waals surface area contributed by atoms with Crippen LogP contribution in [0, 0.1) is 5.41 Å². The maximum atomic E-state index is 12.9. The highest BCUT2D eigenvalue weighted by molar-refractivity contribution is 7.91. The van der Waals surface area contributed by atoms with Crippen molar-refractivity contribution in [2.45, 2.75) is 64.0 Å². The number of nitrogens with one attached hydrogen (secondary N) is 1. The van der Waals surface area contributed by atoms with Gasteiger partial charge in [-0.1, -0.05) is 6.92 Å². The van der Waals surface area contributed by atoms with Crippen LogP contribution in [0.1, 0.15) is 51.9 Å². The third kappa shape index (κ3) is 3.25. The Labute approximate surface area is 137 Å². The lowest BCUT2D eigenvalue weighted by atomic mass is 9.95. The number of nitrogens with zero attached hydrogens (tertiary/aromatic N) is 1. The number of likely N-dealkylation sites (tertiary alicyclic amines) is 1.